The van der Waals surface area contributed by atoms with Gasteiger partial charge < -0.3 is 14.6 Å². The van der Waals surface area contributed by atoms with Crippen molar-refractivity contribution in [3.63, 3.8) is 0 Å². The topological polar surface area (TPSA) is 103 Å². The van der Waals surface area contributed by atoms with Crippen LogP contribution >= 0.6 is 15.9 Å². The monoisotopic (exact) mass is 556 g/mol. The van der Waals surface area contributed by atoms with Gasteiger partial charge in [-0.1, -0.05) is 15.9 Å². The third-order valence-electron chi connectivity index (χ3n) is 6.71. The van der Waals surface area contributed by atoms with E-state index in [0.717, 1.165) is 10.5 Å². The lowest BCUT2D eigenvalue weighted by Crippen LogP contribution is -2.51. The van der Waals surface area contributed by atoms with Crippen molar-refractivity contribution >= 4 is 55.9 Å². The second-order valence-electron chi connectivity index (χ2n) is 8.75. The highest BCUT2D eigenvalue weighted by Crippen LogP contribution is 2.32. The number of pyridine rings is 1. The molecule has 36 heavy (non-hydrogen) atoms. The maximum absolute atomic E-state index is 15.1. The normalized spacial score (nSPS) is 16.2. The highest BCUT2D eigenvalue weighted by molar-refractivity contribution is 9.10. The number of piperazine rings is 1. The van der Waals surface area contributed by atoms with Crippen LogP contribution in [-0.2, 0) is 11.3 Å². The van der Waals surface area contributed by atoms with Gasteiger partial charge >= 0.3 is 11.9 Å². The van der Waals surface area contributed by atoms with Crippen LogP contribution in [0.15, 0.2) is 45.8 Å². The largest absolute Gasteiger partial charge is 0.477 e. The lowest BCUT2D eigenvalue weighted by atomic mass is 10.1. The first-order valence-corrected chi connectivity index (χ1v) is 12.2. The standard InChI is InChI=1S/C25H22BrFN4O5/c1-2-29-12-17(25(35)36)22(32)16-10-18(27)21(11-20(16)29)30-7-5-28(6-8-30)13-31-19-4-3-14(26)9-15(19)23(33)24(31)34/h3-4,9-12H,2,5-8,13H2,1H3,(H,35,36). The Balaban J connectivity index is 1.36. The molecule has 0 saturated carbocycles. The van der Waals surface area contributed by atoms with Gasteiger partial charge in [-0.3, -0.25) is 24.2 Å². The number of aryl methyl sites for hydroxylation is 1. The Bertz CT molecular complexity index is 1500. The van der Waals surface area contributed by atoms with E-state index in [-0.39, 0.29) is 12.1 Å². The fourth-order valence-electron chi connectivity index (χ4n) is 4.80. The van der Waals surface area contributed by atoms with Gasteiger partial charge in [0.2, 0.25) is 5.43 Å². The number of hydrogen-bond donors (Lipinski definition) is 1. The van der Waals surface area contributed by atoms with Crippen molar-refractivity contribution < 1.29 is 23.9 Å². The van der Waals surface area contributed by atoms with E-state index in [1.807, 2.05) is 16.7 Å². The summed E-state index contributed by atoms with van der Waals surface area (Å²) in [7, 11) is 0. The molecule has 0 atom stereocenters. The summed E-state index contributed by atoms with van der Waals surface area (Å²) in [6, 6.07) is 7.87. The van der Waals surface area contributed by atoms with Crippen molar-refractivity contribution in [2.24, 2.45) is 0 Å². The average molecular weight is 557 g/mol. The third-order valence-corrected chi connectivity index (χ3v) is 7.20. The van der Waals surface area contributed by atoms with Crippen LogP contribution in [0.2, 0.25) is 0 Å². The van der Waals surface area contributed by atoms with E-state index < -0.39 is 34.5 Å². The quantitative estimate of drug-likeness (QED) is 0.482. The number of aromatic nitrogens is 1. The summed E-state index contributed by atoms with van der Waals surface area (Å²) in [6.07, 6.45) is 1.29. The summed E-state index contributed by atoms with van der Waals surface area (Å²) in [5, 5.41) is 9.36. The van der Waals surface area contributed by atoms with Gasteiger partial charge in [-0.25, -0.2) is 9.18 Å². The molecule has 1 saturated heterocycles. The van der Waals surface area contributed by atoms with Crippen LogP contribution in [0.5, 0.6) is 0 Å². The van der Waals surface area contributed by atoms with E-state index in [1.54, 1.807) is 28.8 Å². The zero-order valence-corrected chi connectivity index (χ0v) is 20.9. The molecule has 1 fully saturated rings. The molecule has 9 nitrogen and oxygen atoms in total. The number of nitrogens with zero attached hydrogens (tertiary/aromatic N) is 4. The van der Waals surface area contributed by atoms with Crippen LogP contribution in [0, 0.1) is 5.82 Å². The Labute approximate surface area is 213 Å². The lowest BCUT2D eigenvalue weighted by Gasteiger charge is -2.37. The molecule has 1 amide bonds. The first-order valence-electron chi connectivity index (χ1n) is 11.4. The van der Waals surface area contributed by atoms with Crippen LogP contribution in [0.4, 0.5) is 15.8 Å². The molecule has 11 heteroatoms. The number of hydrogen-bond acceptors (Lipinski definition) is 6. The second kappa shape index (κ2) is 9.14. The van der Waals surface area contributed by atoms with E-state index in [9.17, 15) is 24.3 Å². The van der Waals surface area contributed by atoms with Crippen LogP contribution < -0.4 is 15.2 Å². The van der Waals surface area contributed by atoms with Crippen molar-refractivity contribution in [3.8, 4) is 0 Å². The molecule has 5 rings (SSSR count). The molecule has 2 aliphatic rings. The molecule has 0 aliphatic carbocycles. The Morgan fingerprint density at radius 1 is 1.06 bits per heavy atom. The van der Waals surface area contributed by atoms with Gasteiger partial charge in [-0.15, -0.1) is 0 Å². The highest BCUT2D eigenvalue weighted by Gasteiger charge is 2.37. The predicted octanol–water partition coefficient (Wildman–Crippen LogP) is 2.93. The fourth-order valence-corrected chi connectivity index (χ4v) is 5.16. The number of amides is 1. The molecule has 0 unspecified atom stereocenters. The molecule has 2 aliphatic heterocycles. The number of carbonyl (C=O) groups is 3. The van der Waals surface area contributed by atoms with E-state index in [4.69, 9.17) is 0 Å². The van der Waals surface area contributed by atoms with Gasteiger partial charge in [0.25, 0.3) is 5.78 Å². The predicted molar refractivity (Wildman–Crippen MR) is 135 cm³/mol. The van der Waals surface area contributed by atoms with Gasteiger partial charge in [0.15, 0.2) is 0 Å². The van der Waals surface area contributed by atoms with Gasteiger partial charge in [0.1, 0.15) is 11.4 Å². The lowest BCUT2D eigenvalue weighted by molar-refractivity contribution is -0.114. The van der Waals surface area contributed by atoms with Crippen LogP contribution in [0.25, 0.3) is 10.9 Å². The maximum Gasteiger partial charge on any atom is 0.341 e. The molecule has 1 N–H and O–H groups in total. The number of carbonyl (C=O) groups excluding carboxylic acids is 2. The number of fused-ring (bicyclic) bond motifs is 2. The van der Waals surface area contributed by atoms with Crippen LogP contribution in [0.3, 0.4) is 0 Å². The number of carboxylic acid groups (broad SMARTS) is 1. The second-order valence-corrected chi connectivity index (χ2v) is 9.67. The molecular weight excluding hydrogens is 535 g/mol. The minimum absolute atomic E-state index is 0.0270. The molecule has 1 aromatic heterocycles. The van der Waals surface area contributed by atoms with Crippen molar-refractivity contribution in [2.45, 2.75) is 13.5 Å². The number of anilines is 2. The van der Waals surface area contributed by atoms with E-state index in [2.05, 4.69) is 15.9 Å². The Morgan fingerprint density at radius 3 is 2.44 bits per heavy atom. The molecule has 2 aromatic carbocycles. The molecule has 0 bridgehead atoms. The smallest absolute Gasteiger partial charge is 0.341 e. The maximum atomic E-state index is 15.1. The molecule has 3 aromatic rings. The summed E-state index contributed by atoms with van der Waals surface area (Å²) in [6.45, 7) is 4.47. The van der Waals surface area contributed by atoms with Gasteiger partial charge in [-0.2, -0.15) is 0 Å². The van der Waals surface area contributed by atoms with Crippen molar-refractivity contribution in [1.82, 2.24) is 9.47 Å². The van der Waals surface area contributed by atoms with E-state index in [1.165, 1.54) is 11.1 Å². The number of aromatic carboxylic acids is 1. The summed E-state index contributed by atoms with van der Waals surface area (Å²) >= 11 is 3.33. The zero-order valence-electron chi connectivity index (χ0n) is 19.3. The molecule has 3 heterocycles. The summed E-state index contributed by atoms with van der Waals surface area (Å²) in [5.74, 6) is -3.04. The van der Waals surface area contributed by atoms with Crippen LogP contribution in [-0.4, -0.2) is 65.1 Å². The highest BCUT2D eigenvalue weighted by atomic mass is 79.9. The molecule has 186 valence electrons. The molecule has 0 radical (unpaired) electrons. The Hall–Kier alpha value is -3.57. The first-order chi connectivity index (χ1) is 17.2. The minimum atomic E-state index is -1.35. The Kier molecular flexibility index (Phi) is 6.13. The summed E-state index contributed by atoms with van der Waals surface area (Å²) in [4.78, 5) is 54.4. The third kappa shape index (κ3) is 3.97. The van der Waals surface area contributed by atoms with Crippen molar-refractivity contribution in [2.75, 3.05) is 42.6 Å². The Morgan fingerprint density at radius 2 is 1.78 bits per heavy atom. The fraction of sp³-hybridized carbons (Fsp3) is 0.280. The van der Waals surface area contributed by atoms with Gasteiger partial charge in [0.05, 0.1) is 29.1 Å². The van der Waals surface area contributed by atoms with Crippen LogP contribution in [0.1, 0.15) is 27.6 Å². The molecular formula is C25H22BrFN4O5. The SMILES string of the molecule is CCn1cc(C(=O)O)c(=O)c2cc(F)c(N3CCN(CN4C(=O)C(=O)c5cc(Br)ccc54)CC3)cc21. The number of rotatable bonds is 5. The summed E-state index contributed by atoms with van der Waals surface area (Å²) in [5.41, 5.74) is 0.641. The number of ketones is 1. The van der Waals surface area contributed by atoms with Crippen molar-refractivity contribution in [1.29, 1.82) is 0 Å². The first kappa shape index (κ1) is 24.1. The number of carboxylic acids is 1. The average Bonchev–Trinajstić information content (AvgIpc) is 3.09. The summed E-state index contributed by atoms with van der Waals surface area (Å²) < 4.78 is 17.5. The minimum Gasteiger partial charge on any atom is -0.477 e. The van der Waals surface area contributed by atoms with Crippen molar-refractivity contribution in [3.05, 3.63) is 68.2 Å². The number of halogens is 2. The van der Waals surface area contributed by atoms with E-state index in [0.29, 0.717) is 55.2 Å². The van der Waals surface area contributed by atoms with Gasteiger partial charge in [0, 0.05) is 48.8 Å². The van der Waals surface area contributed by atoms with E-state index >= 15 is 4.39 Å². The number of benzene rings is 2. The molecule has 0 spiro atoms. The zero-order chi connectivity index (χ0) is 25.7. The number of Topliss-reactive ketones (excluding diaryl/α,β-unsaturated/α-hetero) is 1. The van der Waals surface area contributed by atoms with Gasteiger partial charge in [-0.05, 0) is 37.3 Å².